The fourth-order valence-electron chi connectivity index (χ4n) is 3.23. The third-order valence-electron chi connectivity index (χ3n) is 4.41. The molecule has 1 amide bonds. The molecule has 1 fully saturated rings. The van der Waals surface area contributed by atoms with Crippen LogP contribution in [0.2, 0.25) is 0 Å². The average molecular weight is 391 g/mol. The van der Waals surface area contributed by atoms with E-state index in [9.17, 15) is 9.59 Å². The Morgan fingerprint density at radius 1 is 1.33 bits per heavy atom. The number of piperidine rings is 1. The molecule has 1 atom stereocenters. The molecular formula is C19H25N3O4S. The number of amides is 1. The van der Waals surface area contributed by atoms with Crippen LogP contribution in [0.15, 0.2) is 18.2 Å². The number of nitrogens with one attached hydrogen (secondary N) is 1. The molecule has 0 radical (unpaired) electrons. The average Bonchev–Trinajstić information content (AvgIpc) is 3.03. The zero-order chi connectivity index (χ0) is 19.2. The van der Waals surface area contributed by atoms with Gasteiger partial charge < -0.3 is 14.8 Å². The van der Waals surface area contributed by atoms with Crippen LogP contribution in [0.4, 0.5) is 5.13 Å². The molecule has 8 heteroatoms. The van der Waals surface area contributed by atoms with Crippen molar-refractivity contribution in [2.45, 2.75) is 26.7 Å². The summed E-state index contributed by atoms with van der Waals surface area (Å²) in [5.74, 6) is 0.360. The van der Waals surface area contributed by atoms with Gasteiger partial charge >= 0.3 is 5.97 Å². The van der Waals surface area contributed by atoms with Crippen molar-refractivity contribution in [3.63, 3.8) is 0 Å². The van der Waals surface area contributed by atoms with E-state index in [0.29, 0.717) is 24.9 Å². The van der Waals surface area contributed by atoms with Gasteiger partial charge in [-0.2, -0.15) is 0 Å². The van der Waals surface area contributed by atoms with E-state index in [1.54, 1.807) is 6.92 Å². The third kappa shape index (κ3) is 5.17. The number of carbonyl (C=O) groups is 2. The van der Waals surface area contributed by atoms with Crippen molar-refractivity contribution in [2.75, 3.05) is 38.2 Å². The minimum absolute atomic E-state index is 0.122. The second kappa shape index (κ2) is 9.14. The quantitative estimate of drug-likeness (QED) is 0.731. The standard InChI is InChI=1S/C19H25N3O4S/c1-3-25-14-7-8-15-16(10-14)27-19(20-15)21-17(23)12-22-9-5-6-13(11-22)18(24)26-4-2/h7-8,10,13H,3-6,9,11-12H2,1-2H3,(H,20,21,23). The van der Waals surface area contributed by atoms with Crippen molar-refractivity contribution >= 4 is 38.6 Å². The van der Waals surface area contributed by atoms with Gasteiger partial charge in [0.05, 0.1) is 35.9 Å². The summed E-state index contributed by atoms with van der Waals surface area (Å²) < 4.78 is 11.6. The Bertz CT molecular complexity index is 807. The molecule has 3 rings (SSSR count). The van der Waals surface area contributed by atoms with Gasteiger partial charge in [0.2, 0.25) is 5.91 Å². The Balaban J connectivity index is 1.57. The number of fused-ring (bicyclic) bond motifs is 1. The molecule has 2 heterocycles. The zero-order valence-electron chi connectivity index (χ0n) is 15.7. The molecule has 0 saturated carbocycles. The van der Waals surface area contributed by atoms with Gasteiger partial charge in [-0.3, -0.25) is 14.5 Å². The number of nitrogens with zero attached hydrogens (tertiary/aromatic N) is 2. The number of hydrogen-bond donors (Lipinski definition) is 1. The van der Waals surface area contributed by atoms with E-state index in [0.717, 1.165) is 35.4 Å². The highest BCUT2D eigenvalue weighted by atomic mass is 32.1. The normalized spacial score (nSPS) is 17.6. The minimum atomic E-state index is -0.168. The summed E-state index contributed by atoms with van der Waals surface area (Å²) in [5.41, 5.74) is 0.833. The summed E-state index contributed by atoms with van der Waals surface area (Å²) in [7, 11) is 0. The van der Waals surface area contributed by atoms with Crippen LogP contribution >= 0.6 is 11.3 Å². The van der Waals surface area contributed by atoms with E-state index < -0.39 is 0 Å². The lowest BCUT2D eigenvalue weighted by atomic mass is 9.98. The fraction of sp³-hybridized carbons (Fsp3) is 0.526. The second-order valence-corrected chi connectivity index (χ2v) is 7.49. The highest BCUT2D eigenvalue weighted by Gasteiger charge is 2.27. The van der Waals surface area contributed by atoms with Gasteiger partial charge in [0, 0.05) is 6.54 Å². The molecule has 1 N–H and O–H groups in total. The molecule has 1 saturated heterocycles. The number of carbonyl (C=O) groups excluding carboxylic acids is 2. The van der Waals surface area contributed by atoms with Crippen LogP contribution in [-0.2, 0) is 14.3 Å². The zero-order valence-corrected chi connectivity index (χ0v) is 16.5. The maximum Gasteiger partial charge on any atom is 0.310 e. The van der Waals surface area contributed by atoms with Gasteiger partial charge in [0.15, 0.2) is 5.13 Å². The maximum absolute atomic E-state index is 12.4. The molecule has 0 aliphatic carbocycles. The van der Waals surface area contributed by atoms with Crippen LogP contribution in [0.5, 0.6) is 5.75 Å². The van der Waals surface area contributed by atoms with Crippen molar-refractivity contribution in [3.05, 3.63) is 18.2 Å². The van der Waals surface area contributed by atoms with E-state index in [2.05, 4.69) is 10.3 Å². The molecule has 1 aliphatic rings. The highest BCUT2D eigenvalue weighted by Crippen LogP contribution is 2.29. The van der Waals surface area contributed by atoms with Crippen molar-refractivity contribution in [3.8, 4) is 5.75 Å². The molecule has 2 aromatic rings. The number of hydrogen-bond acceptors (Lipinski definition) is 7. The van der Waals surface area contributed by atoms with Gasteiger partial charge in [0.25, 0.3) is 0 Å². The van der Waals surface area contributed by atoms with Gasteiger partial charge in [-0.05, 0) is 51.4 Å². The Morgan fingerprint density at radius 2 is 2.19 bits per heavy atom. The van der Waals surface area contributed by atoms with Crippen molar-refractivity contribution < 1.29 is 19.1 Å². The van der Waals surface area contributed by atoms with Crippen LogP contribution in [0, 0.1) is 5.92 Å². The van der Waals surface area contributed by atoms with E-state index in [4.69, 9.17) is 9.47 Å². The first kappa shape index (κ1) is 19.6. The summed E-state index contributed by atoms with van der Waals surface area (Å²) in [5, 5.41) is 3.44. The molecule has 1 aromatic heterocycles. The monoisotopic (exact) mass is 391 g/mol. The maximum atomic E-state index is 12.4. The lowest BCUT2D eigenvalue weighted by molar-refractivity contribution is -0.150. The third-order valence-corrected chi connectivity index (χ3v) is 5.34. The fourth-order valence-corrected chi connectivity index (χ4v) is 4.14. The molecule has 0 bridgehead atoms. The molecule has 27 heavy (non-hydrogen) atoms. The van der Waals surface area contributed by atoms with Crippen LogP contribution in [0.3, 0.4) is 0 Å². The number of thiazole rings is 1. The van der Waals surface area contributed by atoms with E-state index in [1.165, 1.54) is 11.3 Å². The van der Waals surface area contributed by atoms with Crippen LogP contribution in [0.1, 0.15) is 26.7 Å². The number of likely N-dealkylation sites (tertiary alicyclic amines) is 1. The molecule has 1 aliphatic heterocycles. The summed E-state index contributed by atoms with van der Waals surface area (Å²) in [6.07, 6.45) is 1.70. The SMILES string of the molecule is CCOC(=O)C1CCCN(CC(=O)Nc2nc3ccc(OCC)cc3s2)C1. The first-order chi connectivity index (χ1) is 13.1. The highest BCUT2D eigenvalue weighted by molar-refractivity contribution is 7.22. The van der Waals surface area contributed by atoms with E-state index in [1.807, 2.05) is 30.0 Å². The molecule has 146 valence electrons. The Morgan fingerprint density at radius 3 is 2.96 bits per heavy atom. The summed E-state index contributed by atoms with van der Waals surface area (Å²) in [4.78, 5) is 30.8. The van der Waals surface area contributed by atoms with Gasteiger partial charge in [-0.25, -0.2) is 4.98 Å². The Labute approximate surface area is 162 Å². The first-order valence-electron chi connectivity index (χ1n) is 9.31. The van der Waals surface area contributed by atoms with Crippen LogP contribution in [0.25, 0.3) is 10.2 Å². The van der Waals surface area contributed by atoms with Gasteiger partial charge in [-0.1, -0.05) is 11.3 Å². The second-order valence-electron chi connectivity index (χ2n) is 6.46. The molecule has 7 nitrogen and oxygen atoms in total. The Hall–Kier alpha value is -2.19. The number of anilines is 1. The molecular weight excluding hydrogens is 366 g/mol. The summed E-state index contributed by atoms with van der Waals surface area (Å²) in [6, 6.07) is 5.70. The van der Waals surface area contributed by atoms with Crippen molar-refractivity contribution in [1.29, 1.82) is 0 Å². The number of rotatable bonds is 7. The van der Waals surface area contributed by atoms with Crippen molar-refractivity contribution in [1.82, 2.24) is 9.88 Å². The van der Waals surface area contributed by atoms with Crippen LogP contribution < -0.4 is 10.1 Å². The van der Waals surface area contributed by atoms with Crippen LogP contribution in [-0.4, -0.2) is 54.6 Å². The Kier molecular flexibility index (Phi) is 6.63. The molecule has 1 aromatic carbocycles. The number of benzene rings is 1. The van der Waals surface area contributed by atoms with Gasteiger partial charge in [-0.15, -0.1) is 0 Å². The van der Waals surface area contributed by atoms with E-state index in [-0.39, 0.29) is 24.3 Å². The number of aromatic nitrogens is 1. The molecule has 1 unspecified atom stereocenters. The smallest absolute Gasteiger partial charge is 0.310 e. The predicted octanol–water partition coefficient (Wildman–Crippen LogP) is 2.91. The van der Waals surface area contributed by atoms with Crippen molar-refractivity contribution in [2.24, 2.45) is 5.92 Å². The summed E-state index contributed by atoms with van der Waals surface area (Å²) in [6.45, 7) is 6.35. The number of esters is 1. The lowest BCUT2D eigenvalue weighted by Crippen LogP contribution is -2.43. The van der Waals surface area contributed by atoms with Gasteiger partial charge in [0.1, 0.15) is 5.75 Å². The number of ether oxygens (including phenoxy) is 2. The molecule has 0 spiro atoms. The largest absolute Gasteiger partial charge is 0.494 e. The minimum Gasteiger partial charge on any atom is -0.494 e. The summed E-state index contributed by atoms with van der Waals surface area (Å²) >= 11 is 1.42. The first-order valence-corrected chi connectivity index (χ1v) is 10.1. The predicted molar refractivity (Wildman–Crippen MR) is 105 cm³/mol. The topological polar surface area (TPSA) is 80.8 Å². The van der Waals surface area contributed by atoms with E-state index >= 15 is 0 Å². The lowest BCUT2D eigenvalue weighted by Gasteiger charge is -2.30.